The molecule has 4 aromatic rings. The van der Waals surface area contributed by atoms with Crippen molar-refractivity contribution in [3.8, 4) is 11.4 Å². The molecule has 0 atom stereocenters. The third kappa shape index (κ3) is 2.58. The zero-order valence-corrected chi connectivity index (χ0v) is 12.7. The van der Waals surface area contributed by atoms with Gasteiger partial charge in [-0.1, -0.05) is 0 Å². The van der Waals surface area contributed by atoms with Crippen molar-refractivity contribution in [3.63, 3.8) is 0 Å². The maximum absolute atomic E-state index is 12.5. The number of carbonyl (C=O) groups excluding carboxylic acids is 1. The lowest BCUT2D eigenvalue weighted by Gasteiger charge is -2.05. The highest BCUT2D eigenvalue weighted by Gasteiger charge is 2.15. The van der Waals surface area contributed by atoms with Crippen LogP contribution in [0.3, 0.4) is 0 Å². The number of rotatable bonds is 3. The molecule has 0 aliphatic carbocycles. The molecular formula is C16H11N5OS. The second-order valence-electron chi connectivity index (χ2n) is 4.84. The number of thiophene rings is 1. The van der Waals surface area contributed by atoms with Crippen molar-refractivity contribution >= 4 is 34.1 Å². The minimum atomic E-state index is -0.218. The Morgan fingerprint density at radius 2 is 2.00 bits per heavy atom. The molecule has 112 valence electrons. The summed E-state index contributed by atoms with van der Waals surface area (Å²) in [6, 6.07) is 7.12. The van der Waals surface area contributed by atoms with Crippen LogP contribution >= 0.6 is 11.3 Å². The Morgan fingerprint density at radius 3 is 2.78 bits per heavy atom. The molecule has 0 aliphatic heterocycles. The maximum Gasteiger partial charge on any atom is 0.257 e. The summed E-state index contributed by atoms with van der Waals surface area (Å²) in [7, 11) is 0. The largest absolute Gasteiger partial charge is 0.336 e. The number of fused-ring (bicyclic) bond motifs is 1. The van der Waals surface area contributed by atoms with Crippen LogP contribution in [-0.2, 0) is 0 Å². The highest BCUT2D eigenvalue weighted by Crippen LogP contribution is 2.23. The predicted molar refractivity (Wildman–Crippen MR) is 89.4 cm³/mol. The molecule has 0 spiro atoms. The Balaban J connectivity index is 1.73. The zero-order chi connectivity index (χ0) is 15.6. The molecule has 0 aromatic carbocycles. The topological polar surface area (TPSA) is 83.6 Å². The molecule has 0 saturated heterocycles. The summed E-state index contributed by atoms with van der Waals surface area (Å²) >= 11 is 1.59. The highest BCUT2D eigenvalue weighted by atomic mass is 32.1. The van der Waals surface area contributed by atoms with Gasteiger partial charge in [-0.2, -0.15) is 11.3 Å². The summed E-state index contributed by atoms with van der Waals surface area (Å²) < 4.78 is 0. The van der Waals surface area contributed by atoms with E-state index >= 15 is 0 Å². The van der Waals surface area contributed by atoms with Gasteiger partial charge in [0, 0.05) is 35.2 Å². The van der Waals surface area contributed by atoms with Crippen LogP contribution < -0.4 is 5.32 Å². The lowest BCUT2D eigenvalue weighted by molar-refractivity contribution is 0.102. The summed E-state index contributed by atoms with van der Waals surface area (Å²) in [6.07, 6.45) is 4.84. The lowest BCUT2D eigenvalue weighted by atomic mass is 10.2. The highest BCUT2D eigenvalue weighted by molar-refractivity contribution is 7.08. The number of amides is 1. The maximum atomic E-state index is 12.5. The number of nitrogens with zero attached hydrogens (tertiary/aromatic N) is 3. The van der Waals surface area contributed by atoms with Crippen molar-refractivity contribution in [3.05, 3.63) is 59.2 Å². The summed E-state index contributed by atoms with van der Waals surface area (Å²) in [4.78, 5) is 28.3. The van der Waals surface area contributed by atoms with Crippen LogP contribution in [0, 0.1) is 0 Å². The van der Waals surface area contributed by atoms with Crippen LogP contribution in [0.25, 0.3) is 22.6 Å². The molecule has 0 fully saturated rings. The molecule has 0 unspecified atom stereocenters. The van der Waals surface area contributed by atoms with E-state index in [1.54, 1.807) is 48.1 Å². The standard InChI is InChI=1S/C16H11N5OS/c22-16(19-11-1-5-17-6-2-11)12-3-7-18-15-13(12)20-14(21-15)10-4-8-23-9-10/h1-9H,(H,17,19,22)(H,18,20,21). The number of aromatic amines is 1. The van der Waals surface area contributed by atoms with E-state index in [1.165, 1.54) is 0 Å². The first-order valence-electron chi connectivity index (χ1n) is 6.90. The molecular weight excluding hydrogens is 310 g/mol. The number of pyridine rings is 2. The van der Waals surface area contributed by atoms with Gasteiger partial charge in [0.1, 0.15) is 5.82 Å². The number of nitrogens with one attached hydrogen (secondary N) is 2. The number of carbonyl (C=O) groups is 1. The van der Waals surface area contributed by atoms with Gasteiger partial charge in [0.05, 0.1) is 11.1 Å². The van der Waals surface area contributed by atoms with E-state index < -0.39 is 0 Å². The Bertz CT molecular complexity index is 963. The van der Waals surface area contributed by atoms with Crippen molar-refractivity contribution in [1.82, 2.24) is 19.9 Å². The van der Waals surface area contributed by atoms with Gasteiger partial charge < -0.3 is 10.3 Å². The number of H-pyrrole nitrogens is 1. The summed E-state index contributed by atoms with van der Waals surface area (Å²) in [5.74, 6) is 0.488. The van der Waals surface area contributed by atoms with Crippen molar-refractivity contribution in [2.45, 2.75) is 0 Å². The smallest absolute Gasteiger partial charge is 0.257 e. The summed E-state index contributed by atoms with van der Waals surface area (Å²) in [5.41, 5.74) is 3.32. The van der Waals surface area contributed by atoms with Gasteiger partial charge in [-0.25, -0.2) is 9.97 Å². The molecule has 4 rings (SSSR count). The van der Waals surface area contributed by atoms with Gasteiger partial charge in [-0.15, -0.1) is 0 Å². The third-order valence-electron chi connectivity index (χ3n) is 3.37. The Kier molecular flexibility index (Phi) is 3.32. The van der Waals surface area contributed by atoms with Crippen molar-refractivity contribution in [1.29, 1.82) is 0 Å². The molecule has 4 aromatic heterocycles. The van der Waals surface area contributed by atoms with Gasteiger partial charge in [-0.05, 0) is 29.6 Å². The first-order chi connectivity index (χ1) is 11.3. The van der Waals surface area contributed by atoms with Crippen LogP contribution in [0.5, 0.6) is 0 Å². The second-order valence-corrected chi connectivity index (χ2v) is 5.62. The fourth-order valence-corrected chi connectivity index (χ4v) is 2.91. The monoisotopic (exact) mass is 321 g/mol. The fraction of sp³-hybridized carbons (Fsp3) is 0. The van der Waals surface area contributed by atoms with E-state index in [-0.39, 0.29) is 5.91 Å². The quantitative estimate of drug-likeness (QED) is 0.606. The van der Waals surface area contributed by atoms with E-state index in [1.807, 2.05) is 16.8 Å². The van der Waals surface area contributed by atoms with Crippen molar-refractivity contribution < 1.29 is 4.79 Å². The minimum Gasteiger partial charge on any atom is -0.336 e. The molecule has 23 heavy (non-hydrogen) atoms. The molecule has 0 radical (unpaired) electrons. The van der Waals surface area contributed by atoms with E-state index in [4.69, 9.17) is 0 Å². The van der Waals surface area contributed by atoms with Crippen molar-refractivity contribution in [2.75, 3.05) is 5.32 Å². The van der Waals surface area contributed by atoms with E-state index in [2.05, 4.69) is 25.3 Å². The number of hydrogen-bond donors (Lipinski definition) is 2. The average Bonchev–Trinajstić information content (AvgIpc) is 3.24. The van der Waals surface area contributed by atoms with Gasteiger partial charge in [-0.3, -0.25) is 9.78 Å². The first-order valence-corrected chi connectivity index (χ1v) is 7.84. The molecule has 0 saturated carbocycles. The van der Waals surface area contributed by atoms with Crippen LogP contribution in [0.4, 0.5) is 5.69 Å². The van der Waals surface area contributed by atoms with E-state index in [0.717, 1.165) is 5.56 Å². The fourth-order valence-electron chi connectivity index (χ4n) is 2.27. The summed E-state index contributed by atoms with van der Waals surface area (Å²) in [5, 5.41) is 6.82. The van der Waals surface area contributed by atoms with Crippen LogP contribution in [0.15, 0.2) is 53.6 Å². The normalized spacial score (nSPS) is 10.8. The van der Waals surface area contributed by atoms with Crippen molar-refractivity contribution in [2.24, 2.45) is 0 Å². The first kappa shape index (κ1) is 13.6. The molecule has 2 N–H and O–H groups in total. The molecule has 0 aliphatic rings. The molecule has 0 bridgehead atoms. The predicted octanol–water partition coefficient (Wildman–Crippen LogP) is 3.33. The number of anilines is 1. The number of hydrogen-bond acceptors (Lipinski definition) is 5. The van der Waals surface area contributed by atoms with Gasteiger partial charge in [0.2, 0.25) is 0 Å². The SMILES string of the molecule is O=C(Nc1ccncc1)c1ccnc2nc(-c3ccsc3)[nH]c12. The van der Waals surface area contributed by atoms with E-state index in [9.17, 15) is 4.79 Å². The zero-order valence-electron chi connectivity index (χ0n) is 11.9. The Morgan fingerprint density at radius 1 is 1.13 bits per heavy atom. The van der Waals surface area contributed by atoms with Gasteiger partial charge >= 0.3 is 0 Å². The Hall–Kier alpha value is -3.06. The van der Waals surface area contributed by atoms with Gasteiger partial charge in [0.25, 0.3) is 5.91 Å². The molecule has 1 amide bonds. The minimum absolute atomic E-state index is 0.218. The Labute approximate surface area is 135 Å². The third-order valence-corrected chi connectivity index (χ3v) is 4.05. The number of aromatic nitrogens is 4. The second kappa shape index (κ2) is 5.62. The lowest BCUT2D eigenvalue weighted by Crippen LogP contribution is -2.12. The van der Waals surface area contributed by atoms with Crippen LogP contribution in [0.1, 0.15) is 10.4 Å². The molecule has 6 nitrogen and oxygen atoms in total. The summed E-state index contributed by atoms with van der Waals surface area (Å²) in [6.45, 7) is 0. The van der Waals surface area contributed by atoms with E-state index in [0.29, 0.717) is 28.2 Å². The van der Waals surface area contributed by atoms with Gasteiger partial charge in [0.15, 0.2) is 5.65 Å². The molecule has 4 heterocycles. The van der Waals surface area contributed by atoms with Crippen LogP contribution in [0.2, 0.25) is 0 Å². The molecule has 7 heteroatoms. The van der Waals surface area contributed by atoms with Crippen LogP contribution in [-0.4, -0.2) is 25.8 Å². The average molecular weight is 321 g/mol. The number of imidazole rings is 1.